The van der Waals surface area contributed by atoms with Gasteiger partial charge in [0.05, 0.1) is 27.9 Å². The summed E-state index contributed by atoms with van der Waals surface area (Å²) in [6.07, 6.45) is 2.20. The maximum atomic E-state index is 2.46. The van der Waals surface area contributed by atoms with Gasteiger partial charge in [-0.05, 0) is 71.8 Å². The molecule has 0 fully saturated rings. The Morgan fingerprint density at radius 1 is 0.455 bits per heavy atom. The number of rotatable bonds is 3. The Bertz CT molecular complexity index is 2320. The van der Waals surface area contributed by atoms with Crippen LogP contribution >= 0.6 is 0 Å². The highest BCUT2D eigenvalue weighted by Crippen LogP contribution is 2.52. The van der Waals surface area contributed by atoms with Crippen molar-refractivity contribution in [3.05, 3.63) is 163 Å². The number of aromatic nitrogens is 2. The number of benzene rings is 6. The van der Waals surface area contributed by atoms with E-state index in [1.54, 1.807) is 0 Å². The summed E-state index contributed by atoms with van der Waals surface area (Å²) >= 11 is 0. The summed E-state index contributed by atoms with van der Waals surface area (Å²) in [5.41, 5.74) is 12.2. The molecule has 1 aliphatic rings. The zero-order valence-electron chi connectivity index (χ0n) is 24.8. The van der Waals surface area contributed by atoms with Gasteiger partial charge in [-0.3, -0.25) is 0 Å². The van der Waals surface area contributed by atoms with Crippen LogP contribution in [0.1, 0.15) is 25.0 Å². The topological polar surface area (TPSA) is 13.1 Å². The number of anilines is 3. The quantitative estimate of drug-likeness (QED) is 0.208. The van der Waals surface area contributed by atoms with E-state index in [9.17, 15) is 0 Å². The summed E-state index contributed by atoms with van der Waals surface area (Å²) < 4.78 is 4.74. The maximum absolute atomic E-state index is 2.46. The summed E-state index contributed by atoms with van der Waals surface area (Å²) in [6.45, 7) is 4.67. The van der Waals surface area contributed by atoms with Crippen LogP contribution < -0.4 is 4.90 Å². The molecule has 0 bridgehead atoms. The third-order valence-corrected chi connectivity index (χ3v) is 9.52. The second-order valence-corrected chi connectivity index (χ2v) is 12.3. The zero-order chi connectivity index (χ0) is 29.4. The molecule has 0 N–H and O–H groups in total. The molecular weight excluding hydrogens is 534 g/mol. The van der Waals surface area contributed by atoms with Crippen molar-refractivity contribution in [2.45, 2.75) is 19.3 Å². The van der Waals surface area contributed by atoms with E-state index < -0.39 is 0 Å². The Kier molecular flexibility index (Phi) is 5.24. The van der Waals surface area contributed by atoms with E-state index >= 15 is 0 Å². The Morgan fingerprint density at radius 2 is 1.09 bits per heavy atom. The molecule has 3 heteroatoms. The predicted octanol–water partition coefficient (Wildman–Crippen LogP) is 10.8. The highest BCUT2D eigenvalue weighted by atomic mass is 15.2. The van der Waals surface area contributed by atoms with Crippen molar-refractivity contribution >= 4 is 49.8 Å². The van der Waals surface area contributed by atoms with Crippen LogP contribution in [0.4, 0.5) is 17.1 Å². The van der Waals surface area contributed by atoms with Crippen LogP contribution in [-0.4, -0.2) is 9.13 Å². The first-order chi connectivity index (χ1) is 21.6. The lowest BCUT2D eigenvalue weighted by atomic mass is 9.73. The standard InChI is InChI=1S/C41H31N3/c1-41(2)34-18-7-10-21-38(34)43(39-22-11-8-19-35(39)41)29-15-12-16-30(27-29)44-37-20-9-6-17-31(37)32-23-24-36-33(40(32)44)25-26-42(36)28-13-4-3-5-14-28/h3-27H,1-2H3. The molecule has 1 aliphatic heterocycles. The first-order valence-electron chi connectivity index (χ1n) is 15.3. The van der Waals surface area contributed by atoms with Crippen LogP contribution in [-0.2, 0) is 5.41 Å². The van der Waals surface area contributed by atoms with E-state index in [0.29, 0.717) is 0 Å². The molecule has 0 atom stereocenters. The van der Waals surface area contributed by atoms with Crippen LogP contribution in [0.25, 0.3) is 44.1 Å². The lowest BCUT2D eigenvalue weighted by Crippen LogP contribution is -2.30. The molecule has 0 saturated carbocycles. The van der Waals surface area contributed by atoms with Gasteiger partial charge in [0.1, 0.15) is 0 Å². The van der Waals surface area contributed by atoms with Crippen molar-refractivity contribution < 1.29 is 0 Å². The Morgan fingerprint density at radius 3 is 1.86 bits per heavy atom. The molecule has 210 valence electrons. The normalized spacial score (nSPS) is 13.8. The zero-order valence-corrected chi connectivity index (χ0v) is 24.8. The molecule has 6 aromatic carbocycles. The Balaban J connectivity index is 1.31. The summed E-state index contributed by atoms with van der Waals surface area (Å²) in [4.78, 5) is 2.44. The van der Waals surface area contributed by atoms with Crippen LogP contribution in [0.15, 0.2) is 152 Å². The third-order valence-electron chi connectivity index (χ3n) is 9.52. The number of para-hydroxylation sites is 4. The van der Waals surface area contributed by atoms with Crippen LogP contribution in [0, 0.1) is 0 Å². The lowest BCUT2D eigenvalue weighted by Gasteiger charge is -2.42. The van der Waals surface area contributed by atoms with Crippen molar-refractivity contribution in [3.63, 3.8) is 0 Å². The summed E-state index contributed by atoms with van der Waals surface area (Å²) in [7, 11) is 0. The Labute approximate surface area is 256 Å². The molecule has 0 radical (unpaired) electrons. The van der Waals surface area contributed by atoms with Gasteiger partial charge in [0, 0.05) is 44.8 Å². The maximum Gasteiger partial charge on any atom is 0.0635 e. The SMILES string of the molecule is CC1(C)c2ccccc2N(c2cccc(-n3c4ccccc4c4ccc5c(ccn5-c5ccccc5)c43)c2)c2ccccc21. The van der Waals surface area contributed by atoms with E-state index in [1.807, 2.05) is 0 Å². The van der Waals surface area contributed by atoms with E-state index in [0.717, 1.165) is 17.1 Å². The highest BCUT2D eigenvalue weighted by molar-refractivity contribution is 6.18. The minimum atomic E-state index is -0.0916. The molecular formula is C41H31N3. The second kappa shape index (κ2) is 9.23. The fourth-order valence-corrected chi connectivity index (χ4v) is 7.48. The number of hydrogen-bond acceptors (Lipinski definition) is 1. The molecule has 3 nitrogen and oxygen atoms in total. The molecule has 8 aromatic rings. The van der Waals surface area contributed by atoms with Gasteiger partial charge in [0.25, 0.3) is 0 Å². The molecule has 9 rings (SSSR count). The molecule has 44 heavy (non-hydrogen) atoms. The molecule has 0 spiro atoms. The highest BCUT2D eigenvalue weighted by Gasteiger charge is 2.36. The van der Waals surface area contributed by atoms with Gasteiger partial charge in [0.15, 0.2) is 0 Å². The van der Waals surface area contributed by atoms with E-state index in [1.165, 1.54) is 55.2 Å². The van der Waals surface area contributed by atoms with Crippen LogP contribution in [0.5, 0.6) is 0 Å². The van der Waals surface area contributed by atoms with Gasteiger partial charge in [-0.2, -0.15) is 0 Å². The third kappa shape index (κ3) is 3.44. The predicted molar refractivity (Wildman–Crippen MR) is 184 cm³/mol. The molecule has 0 amide bonds. The molecule has 2 aromatic heterocycles. The van der Waals surface area contributed by atoms with Gasteiger partial charge < -0.3 is 14.0 Å². The number of nitrogens with zero attached hydrogens (tertiary/aromatic N) is 3. The number of hydrogen-bond donors (Lipinski definition) is 0. The van der Waals surface area contributed by atoms with Gasteiger partial charge in [-0.1, -0.05) is 98.8 Å². The molecule has 0 saturated heterocycles. The van der Waals surface area contributed by atoms with Crippen molar-refractivity contribution in [2.75, 3.05) is 4.90 Å². The van der Waals surface area contributed by atoms with E-state index in [4.69, 9.17) is 0 Å². The van der Waals surface area contributed by atoms with Crippen LogP contribution in [0.2, 0.25) is 0 Å². The summed E-state index contributed by atoms with van der Waals surface area (Å²) in [6, 6.07) is 52.9. The smallest absolute Gasteiger partial charge is 0.0635 e. The fraction of sp³-hybridized carbons (Fsp3) is 0.0732. The first kappa shape index (κ1) is 25.0. The van der Waals surface area contributed by atoms with Crippen molar-refractivity contribution in [2.24, 2.45) is 0 Å². The average Bonchev–Trinajstić information content (AvgIpc) is 3.65. The molecule has 3 heterocycles. The number of fused-ring (bicyclic) bond motifs is 7. The molecule has 0 aliphatic carbocycles. The van der Waals surface area contributed by atoms with Crippen LogP contribution in [0.3, 0.4) is 0 Å². The van der Waals surface area contributed by atoms with E-state index in [-0.39, 0.29) is 5.41 Å². The summed E-state index contributed by atoms with van der Waals surface area (Å²) in [5, 5.41) is 3.76. The van der Waals surface area contributed by atoms with Gasteiger partial charge >= 0.3 is 0 Å². The van der Waals surface area contributed by atoms with E-state index in [2.05, 4.69) is 180 Å². The minimum absolute atomic E-state index is 0.0916. The Hall–Kier alpha value is -5.54. The second-order valence-electron chi connectivity index (χ2n) is 12.3. The van der Waals surface area contributed by atoms with Gasteiger partial charge in [-0.15, -0.1) is 0 Å². The van der Waals surface area contributed by atoms with Gasteiger partial charge in [0.2, 0.25) is 0 Å². The van der Waals surface area contributed by atoms with Crippen molar-refractivity contribution in [1.82, 2.24) is 9.13 Å². The first-order valence-corrected chi connectivity index (χ1v) is 15.3. The monoisotopic (exact) mass is 565 g/mol. The fourth-order valence-electron chi connectivity index (χ4n) is 7.48. The van der Waals surface area contributed by atoms with Gasteiger partial charge in [-0.25, -0.2) is 0 Å². The summed E-state index contributed by atoms with van der Waals surface area (Å²) in [5.74, 6) is 0. The van der Waals surface area contributed by atoms with Crippen molar-refractivity contribution in [1.29, 1.82) is 0 Å². The molecule has 0 unspecified atom stereocenters. The minimum Gasteiger partial charge on any atom is -0.316 e. The van der Waals surface area contributed by atoms with Crippen molar-refractivity contribution in [3.8, 4) is 11.4 Å². The largest absolute Gasteiger partial charge is 0.316 e. The lowest BCUT2D eigenvalue weighted by molar-refractivity contribution is 0.632. The average molecular weight is 566 g/mol.